The van der Waals surface area contributed by atoms with Crippen molar-refractivity contribution in [3.05, 3.63) is 47.8 Å². The Hall–Kier alpha value is -2.34. The van der Waals surface area contributed by atoms with Gasteiger partial charge in [0.1, 0.15) is 5.75 Å². The summed E-state index contributed by atoms with van der Waals surface area (Å²) in [5, 5.41) is 7.41. The van der Waals surface area contributed by atoms with Crippen molar-refractivity contribution in [2.24, 2.45) is 11.8 Å². The van der Waals surface area contributed by atoms with Gasteiger partial charge in [-0.2, -0.15) is 5.10 Å². The smallest absolute Gasteiger partial charge is 0.224 e. The zero-order valence-corrected chi connectivity index (χ0v) is 17.2. The average molecular weight is 385 g/mol. The summed E-state index contributed by atoms with van der Waals surface area (Å²) in [5.74, 6) is 1.51. The molecule has 0 bridgehead atoms. The van der Waals surface area contributed by atoms with Crippen LogP contribution in [0.1, 0.15) is 31.0 Å². The van der Waals surface area contributed by atoms with Crippen LogP contribution in [-0.2, 0) is 17.9 Å². The lowest BCUT2D eigenvalue weighted by molar-refractivity contribution is -0.125. The van der Waals surface area contributed by atoms with Crippen LogP contribution in [0.25, 0.3) is 0 Å². The second-order valence-corrected chi connectivity index (χ2v) is 7.87. The number of carbonyl (C=O) groups is 1. The van der Waals surface area contributed by atoms with Gasteiger partial charge in [-0.15, -0.1) is 0 Å². The average Bonchev–Trinajstić information content (AvgIpc) is 3.12. The van der Waals surface area contributed by atoms with Crippen LogP contribution in [0.5, 0.6) is 5.75 Å². The number of nitrogens with zero attached hydrogens (tertiary/aromatic N) is 3. The van der Waals surface area contributed by atoms with E-state index in [9.17, 15) is 4.79 Å². The van der Waals surface area contributed by atoms with Gasteiger partial charge in [-0.3, -0.25) is 14.4 Å². The van der Waals surface area contributed by atoms with Crippen molar-refractivity contribution in [1.82, 2.24) is 20.0 Å². The topological polar surface area (TPSA) is 59.4 Å². The van der Waals surface area contributed by atoms with Crippen LogP contribution < -0.4 is 10.1 Å². The lowest BCUT2D eigenvalue weighted by Gasteiger charge is -2.32. The number of nitrogens with one attached hydrogen (secondary N) is 1. The molecule has 2 aromatic rings. The first kappa shape index (κ1) is 20.4. The molecule has 0 unspecified atom stereocenters. The van der Waals surface area contributed by atoms with E-state index in [4.69, 9.17) is 4.74 Å². The molecular weight excluding hydrogens is 352 g/mol. The third-order valence-electron chi connectivity index (χ3n) is 5.66. The number of hydrogen-bond acceptors (Lipinski definition) is 4. The Kier molecular flexibility index (Phi) is 7.09. The molecule has 1 aromatic heterocycles. The van der Waals surface area contributed by atoms with E-state index >= 15 is 0 Å². The normalized spacial score (nSPS) is 16.7. The zero-order chi connectivity index (χ0) is 19.9. The highest BCUT2D eigenvalue weighted by atomic mass is 16.5. The van der Waals surface area contributed by atoms with Gasteiger partial charge in [-0.1, -0.05) is 19.1 Å². The summed E-state index contributed by atoms with van der Waals surface area (Å²) in [6.45, 7) is 8.51. The number of rotatable bonds is 8. The second kappa shape index (κ2) is 9.73. The molecule has 0 aliphatic carbocycles. The van der Waals surface area contributed by atoms with Crippen molar-refractivity contribution < 1.29 is 9.53 Å². The highest BCUT2D eigenvalue weighted by molar-refractivity contribution is 5.78. The Labute approximate surface area is 167 Å². The fourth-order valence-corrected chi connectivity index (χ4v) is 3.69. The van der Waals surface area contributed by atoms with Gasteiger partial charge in [0.05, 0.1) is 19.6 Å². The molecule has 1 amide bonds. The number of carbonyl (C=O) groups excluding carboxylic acids is 1. The molecule has 1 aliphatic rings. The van der Waals surface area contributed by atoms with Crippen molar-refractivity contribution in [3.63, 3.8) is 0 Å². The number of aryl methyl sites for hydroxylation is 1. The number of aromatic nitrogens is 2. The van der Waals surface area contributed by atoms with Crippen LogP contribution in [-0.4, -0.2) is 47.3 Å². The SMILES string of the molecule is COc1ccc(CN2CCC(CNC(=O)[C@@H](C)Cn3nccc3C)CC2)cc1. The Morgan fingerprint density at radius 1 is 1.25 bits per heavy atom. The molecule has 1 aliphatic heterocycles. The van der Waals surface area contributed by atoms with E-state index in [0.29, 0.717) is 12.5 Å². The van der Waals surface area contributed by atoms with Gasteiger partial charge in [0, 0.05) is 25.0 Å². The Balaban J connectivity index is 1.36. The molecule has 1 atom stereocenters. The van der Waals surface area contributed by atoms with Crippen molar-refractivity contribution in [2.45, 2.75) is 39.8 Å². The summed E-state index contributed by atoms with van der Waals surface area (Å²) in [4.78, 5) is 14.9. The van der Waals surface area contributed by atoms with Gasteiger partial charge >= 0.3 is 0 Å². The number of hydrogen-bond donors (Lipinski definition) is 1. The number of methoxy groups -OCH3 is 1. The van der Waals surface area contributed by atoms with E-state index in [1.54, 1.807) is 13.3 Å². The summed E-state index contributed by atoms with van der Waals surface area (Å²) in [5.41, 5.74) is 2.40. The quantitative estimate of drug-likeness (QED) is 0.760. The summed E-state index contributed by atoms with van der Waals surface area (Å²) in [6.07, 6.45) is 4.03. The van der Waals surface area contributed by atoms with Crippen molar-refractivity contribution in [2.75, 3.05) is 26.7 Å². The molecule has 1 saturated heterocycles. The van der Waals surface area contributed by atoms with E-state index < -0.39 is 0 Å². The highest BCUT2D eigenvalue weighted by Crippen LogP contribution is 2.20. The van der Waals surface area contributed by atoms with Crippen LogP contribution in [0, 0.1) is 18.8 Å². The predicted molar refractivity (Wildman–Crippen MR) is 110 cm³/mol. The van der Waals surface area contributed by atoms with Gasteiger partial charge in [0.15, 0.2) is 0 Å². The van der Waals surface area contributed by atoms with Crippen LogP contribution in [0.15, 0.2) is 36.5 Å². The number of benzene rings is 1. The number of likely N-dealkylation sites (tertiary alicyclic amines) is 1. The third-order valence-corrected chi connectivity index (χ3v) is 5.66. The number of piperidine rings is 1. The van der Waals surface area contributed by atoms with Crippen LogP contribution >= 0.6 is 0 Å². The summed E-state index contributed by atoms with van der Waals surface area (Å²) in [6, 6.07) is 10.3. The van der Waals surface area contributed by atoms with Gasteiger partial charge in [0.2, 0.25) is 5.91 Å². The summed E-state index contributed by atoms with van der Waals surface area (Å²) in [7, 11) is 1.69. The first-order chi connectivity index (χ1) is 13.5. The first-order valence-corrected chi connectivity index (χ1v) is 10.2. The van der Waals surface area contributed by atoms with E-state index in [1.807, 2.05) is 36.7 Å². The lowest BCUT2D eigenvalue weighted by Crippen LogP contribution is -2.40. The molecule has 6 nitrogen and oxygen atoms in total. The summed E-state index contributed by atoms with van der Waals surface area (Å²) >= 11 is 0. The maximum atomic E-state index is 12.4. The highest BCUT2D eigenvalue weighted by Gasteiger charge is 2.21. The van der Waals surface area contributed by atoms with Crippen molar-refractivity contribution in [3.8, 4) is 5.75 Å². The zero-order valence-electron chi connectivity index (χ0n) is 17.2. The van der Waals surface area contributed by atoms with Gasteiger partial charge in [-0.25, -0.2) is 0 Å². The van der Waals surface area contributed by atoms with E-state index in [-0.39, 0.29) is 11.8 Å². The molecule has 0 spiro atoms. The van der Waals surface area contributed by atoms with Crippen molar-refractivity contribution in [1.29, 1.82) is 0 Å². The molecule has 1 N–H and O–H groups in total. The Morgan fingerprint density at radius 3 is 2.57 bits per heavy atom. The van der Waals surface area contributed by atoms with E-state index in [2.05, 4.69) is 27.4 Å². The largest absolute Gasteiger partial charge is 0.497 e. The standard InChI is InChI=1S/C22H32N4O2/c1-17(15-26-18(2)8-11-24-26)22(27)23-14-19-9-12-25(13-10-19)16-20-4-6-21(28-3)7-5-20/h4-8,11,17,19H,9-10,12-16H2,1-3H3,(H,23,27)/t17-/m0/s1. The van der Waals surface area contributed by atoms with Gasteiger partial charge in [-0.05, 0) is 62.5 Å². The summed E-state index contributed by atoms with van der Waals surface area (Å²) < 4.78 is 7.11. The fourth-order valence-electron chi connectivity index (χ4n) is 3.69. The molecule has 3 rings (SSSR count). The number of amides is 1. The monoisotopic (exact) mass is 384 g/mol. The second-order valence-electron chi connectivity index (χ2n) is 7.87. The maximum Gasteiger partial charge on any atom is 0.224 e. The fraction of sp³-hybridized carbons (Fsp3) is 0.545. The molecule has 1 fully saturated rings. The molecule has 2 heterocycles. The Bertz CT molecular complexity index is 748. The van der Waals surface area contributed by atoms with Crippen LogP contribution in [0.4, 0.5) is 0 Å². The predicted octanol–water partition coefficient (Wildman–Crippen LogP) is 2.86. The third kappa shape index (κ3) is 5.58. The molecular formula is C22H32N4O2. The van der Waals surface area contributed by atoms with E-state index in [1.165, 1.54) is 5.56 Å². The minimum Gasteiger partial charge on any atom is -0.497 e. The molecule has 0 saturated carbocycles. The molecule has 28 heavy (non-hydrogen) atoms. The number of ether oxygens (including phenoxy) is 1. The maximum absolute atomic E-state index is 12.4. The Morgan fingerprint density at radius 2 is 1.96 bits per heavy atom. The van der Waals surface area contributed by atoms with E-state index in [0.717, 1.165) is 50.5 Å². The minimum absolute atomic E-state index is 0.0752. The first-order valence-electron chi connectivity index (χ1n) is 10.2. The molecule has 152 valence electrons. The van der Waals surface area contributed by atoms with Crippen molar-refractivity contribution >= 4 is 5.91 Å². The van der Waals surface area contributed by atoms with Crippen LogP contribution in [0.2, 0.25) is 0 Å². The van der Waals surface area contributed by atoms with Crippen LogP contribution in [0.3, 0.4) is 0 Å². The molecule has 1 aromatic carbocycles. The minimum atomic E-state index is -0.0752. The lowest BCUT2D eigenvalue weighted by atomic mass is 9.96. The van der Waals surface area contributed by atoms with Gasteiger partial charge < -0.3 is 10.1 Å². The molecule has 0 radical (unpaired) electrons. The molecule has 6 heteroatoms. The van der Waals surface area contributed by atoms with Gasteiger partial charge in [0.25, 0.3) is 0 Å².